The second-order valence-corrected chi connectivity index (χ2v) is 8.79. The molecule has 2 aromatic rings. The maximum atomic E-state index is 13.3. The van der Waals surface area contributed by atoms with Gasteiger partial charge in [-0.1, -0.05) is 41.9 Å². The third kappa shape index (κ3) is 4.90. The van der Waals surface area contributed by atoms with E-state index in [9.17, 15) is 14.0 Å². The molecule has 4 nitrogen and oxygen atoms in total. The molecule has 0 saturated heterocycles. The van der Waals surface area contributed by atoms with Crippen molar-refractivity contribution in [2.45, 2.75) is 52.2 Å². The van der Waals surface area contributed by atoms with E-state index in [0.717, 1.165) is 5.56 Å². The first-order chi connectivity index (χ1) is 14.1. The minimum Gasteiger partial charge on any atom is -0.457 e. The van der Waals surface area contributed by atoms with E-state index in [0.29, 0.717) is 21.9 Å². The topological polar surface area (TPSA) is 46.6 Å². The Morgan fingerprint density at radius 3 is 2.40 bits per heavy atom. The molecule has 1 aliphatic heterocycles. The maximum Gasteiger partial charge on any atom is 0.336 e. The van der Waals surface area contributed by atoms with Gasteiger partial charge in [0.15, 0.2) is 0 Å². The first kappa shape index (κ1) is 22.0. The zero-order chi connectivity index (χ0) is 22.1. The molecule has 0 radical (unpaired) electrons. The minimum atomic E-state index is -0.682. The number of amides is 1. The highest BCUT2D eigenvalue weighted by atomic mass is 35.5. The molecule has 0 aromatic heterocycles. The fraction of sp³-hybridized carbons (Fsp3) is 0.333. The van der Waals surface area contributed by atoms with Gasteiger partial charge >= 0.3 is 5.97 Å². The van der Waals surface area contributed by atoms with Gasteiger partial charge in [-0.3, -0.25) is 4.79 Å². The molecular weight excluding hydrogens is 405 g/mol. The van der Waals surface area contributed by atoms with Crippen molar-refractivity contribution >= 4 is 23.5 Å². The van der Waals surface area contributed by atoms with E-state index in [4.69, 9.17) is 16.3 Å². The number of nitrogens with zero attached hydrogens (tertiary/aromatic N) is 1. The molecule has 0 aliphatic carbocycles. The third-order valence-electron chi connectivity index (χ3n) is 4.98. The molecule has 158 valence electrons. The number of hydrogen-bond donors (Lipinski definition) is 0. The molecule has 6 heteroatoms. The number of benzene rings is 2. The molecule has 1 unspecified atom stereocenters. The Labute approximate surface area is 181 Å². The van der Waals surface area contributed by atoms with Crippen LogP contribution in [0.2, 0.25) is 5.02 Å². The van der Waals surface area contributed by atoms with Crippen molar-refractivity contribution in [2.75, 3.05) is 0 Å². The molecule has 1 amide bonds. The summed E-state index contributed by atoms with van der Waals surface area (Å²) in [6.07, 6.45) is 0.0941. The van der Waals surface area contributed by atoms with Crippen molar-refractivity contribution in [3.8, 4) is 0 Å². The summed E-state index contributed by atoms with van der Waals surface area (Å²) in [4.78, 5) is 27.8. The van der Waals surface area contributed by atoms with Gasteiger partial charge in [0.2, 0.25) is 5.91 Å². The van der Waals surface area contributed by atoms with E-state index in [-0.39, 0.29) is 24.7 Å². The van der Waals surface area contributed by atoms with E-state index in [2.05, 4.69) is 0 Å². The van der Waals surface area contributed by atoms with E-state index in [1.54, 1.807) is 56.9 Å². The number of carbonyl (C=O) groups is 2. The molecule has 1 atom stereocenters. The summed E-state index contributed by atoms with van der Waals surface area (Å²) in [6, 6.07) is 13.2. The smallest absolute Gasteiger partial charge is 0.336 e. The lowest BCUT2D eigenvalue weighted by atomic mass is 9.83. The quantitative estimate of drug-likeness (QED) is 0.593. The van der Waals surface area contributed by atoms with Crippen LogP contribution in [0.25, 0.3) is 0 Å². The Hall–Kier alpha value is -2.66. The zero-order valence-electron chi connectivity index (χ0n) is 17.5. The van der Waals surface area contributed by atoms with E-state index < -0.39 is 17.5 Å². The number of allylic oxidation sites excluding steroid dienone is 1. The average Bonchev–Trinajstić information content (AvgIpc) is 2.65. The fourth-order valence-corrected chi connectivity index (χ4v) is 3.86. The lowest BCUT2D eigenvalue weighted by Crippen LogP contribution is -2.39. The van der Waals surface area contributed by atoms with Crippen LogP contribution in [-0.2, 0) is 20.9 Å². The molecule has 1 aliphatic rings. The van der Waals surface area contributed by atoms with Crippen molar-refractivity contribution in [3.63, 3.8) is 0 Å². The van der Waals surface area contributed by atoms with Gasteiger partial charge in [0.1, 0.15) is 11.4 Å². The lowest BCUT2D eigenvalue weighted by Gasteiger charge is -2.35. The molecule has 0 fully saturated rings. The van der Waals surface area contributed by atoms with Crippen LogP contribution in [0.15, 0.2) is 59.8 Å². The Morgan fingerprint density at radius 1 is 1.17 bits per heavy atom. The summed E-state index contributed by atoms with van der Waals surface area (Å²) in [5.41, 5.74) is 1.74. The van der Waals surface area contributed by atoms with Crippen LogP contribution in [-0.4, -0.2) is 22.4 Å². The number of halogens is 2. The molecule has 1 heterocycles. The Balaban J connectivity index is 2.06. The number of carbonyl (C=O) groups excluding carboxylic acids is 2. The Kier molecular flexibility index (Phi) is 6.32. The highest BCUT2D eigenvalue weighted by Gasteiger charge is 2.38. The monoisotopic (exact) mass is 429 g/mol. The SMILES string of the molecule is CC1=C(C(=O)OC(C)(C)C)C(c2ccccc2Cl)CC(=O)N1Cc1ccc(F)cc1. The van der Waals surface area contributed by atoms with Gasteiger partial charge in [0.05, 0.1) is 12.1 Å². The molecule has 3 rings (SSSR count). The zero-order valence-corrected chi connectivity index (χ0v) is 18.3. The normalized spacial score (nSPS) is 17.3. The molecule has 2 aromatic carbocycles. The second-order valence-electron chi connectivity index (χ2n) is 8.39. The summed E-state index contributed by atoms with van der Waals surface area (Å²) in [5.74, 6) is -1.44. The van der Waals surface area contributed by atoms with Crippen molar-refractivity contribution < 1.29 is 18.7 Å². The molecule has 30 heavy (non-hydrogen) atoms. The van der Waals surface area contributed by atoms with Crippen molar-refractivity contribution in [1.82, 2.24) is 4.90 Å². The van der Waals surface area contributed by atoms with Crippen LogP contribution in [0, 0.1) is 5.82 Å². The molecule has 0 bridgehead atoms. The minimum absolute atomic E-state index is 0.0941. The van der Waals surface area contributed by atoms with Gasteiger partial charge < -0.3 is 9.64 Å². The predicted octanol–water partition coefficient (Wildman–Crippen LogP) is 5.61. The van der Waals surface area contributed by atoms with E-state index in [1.165, 1.54) is 12.1 Å². The lowest BCUT2D eigenvalue weighted by molar-refractivity contribution is -0.150. The maximum absolute atomic E-state index is 13.3. The average molecular weight is 430 g/mol. The summed E-state index contributed by atoms with van der Waals surface area (Å²) in [7, 11) is 0. The van der Waals surface area contributed by atoms with Gasteiger partial charge in [-0.15, -0.1) is 0 Å². The summed E-state index contributed by atoms with van der Waals surface area (Å²) in [5, 5.41) is 0.496. The highest BCUT2D eigenvalue weighted by Crippen LogP contribution is 2.40. The Morgan fingerprint density at radius 2 is 1.80 bits per heavy atom. The molecular formula is C24H25ClFNO3. The second kappa shape index (κ2) is 8.60. The standard InChI is InChI=1S/C24H25ClFNO3/c1-15-22(23(29)30-24(2,3)4)19(18-7-5-6-8-20(18)25)13-21(28)27(15)14-16-9-11-17(26)12-10-16/h5-12,19H,13-14H2,1-4H3. The first-order valence-electron chi connectivity index (χ1n) is 9.80. The van der Waals surface area contributed by atoms with Crippen LogP contribution in [0.5, 0.6) is 0 Å². The summed E-state index contributed by atoms with van der Waals surface area (Å²) < 4.78 is 18.9. The first-order valence-corrected chi connectivity index (χ1v) is 10.2. The largest absolute Gasteiger partial charge is 0.457 e. The van der Waals surface area contributed by atoms with Crippen LogP contribution in [0.1, 0.15) is 51.2 Å². The van der Waals surface area contributed by atoms with Crippen LogP contribution < -0.4 is 0 Å². The van der Waals surface area contributed by atoms with Crippen molar-refractivity contribution in [1.29, 1.82) is 0 Å². The number of esters is 1. The fourth-order valence-electron chi connectivity index (χ4n) is 3.60. The highest BCUT2D eigenvalue weighted by molar-refractivity contribution is 6.31. The van der Waals surface area contributed by atoms with Gasteiger partial charge in [-0.25, -0.2) is 9.18 Å². The predicted molar refractivity (Wildman–Crippen MR) is 114 cm³/mol. The van der Waals surface area contributed by atoms with Gasteiger partial charge in [0.25, 0.3) is 0 Å². The van der Waals surface area contributed by atoms with E-state index >= 15 is 0 Å². The van der Waals surface area contributed by atoms with E-state index in [1.807, 2.05) is 12.1 Å². The van der Waals surface area contributed by atoms with Gasteiger partial charge in [-0.05, 0) is 57.0 Å². The van der Waals surface area contributed by atoms with Crippen LogP contribution in [0.4, 0.5) is 4.39 Å². The van der Waals surface area contributed by atoms with Crippen molar-refractivity contribution in [3.05, 3.63) is 81.8 Å². The van der Waals surface area contributed by atoms with Crippen LogP contribution >= 0.6 is 11.6 Å². The Bertz CT molecular complexity index is 992. The summed E-state index contributed by atoms with van der Waals surface area (Å²) in [6.45, 7) is 7.39. The molecule has 0 spiro atoms. The summed E-state index contributed by atoms with van der Waals surface area (Å²) >= 11 is 6.40. The molecule has 0 N–H and O–H groups in total. The number of ether oxygens (including phenoxy) is 1. The third-order valence-corrected chi connectivity index (χ3v) is 5.32. The molecule has 0 saturated carbocycles. The van der Waals surface area contributed by atoms with Gasteiger partial charge in [0, 0.05) is 23.1 Å². The van der Waals surface area contributed by atoms with Gasteiger partial charge in [-0.2, -0.15) is 0 Å². The van der Waals surface area contributed by atoms with Crippen molar-refractivity contribution in [2.24, 2.45) is 0 Å². The number of hydrogen-bond acceptors (Lipinski definition) is 3. The van der Waals surface area contributed by atoms with Crippen LogP contribution in [0.3, 0.4) is 0 Å². The number of rotatable bonds is 4.